The smallest absolute Gasteiger partial charge is 0.334 e. The predicted molar refractivity (Wildman–Crippen MR) is 75.3 cm³/mol. The van der Waals surface area contributed by atoms with E-state index in [1.807, 2.05) is 32.7 Å². The molecule has 0 saturated carbocycles. The number of nitrogens with two attached hydrogens (primary N) is 1. The number of anilines is 1. The Kier molecular flexibility index (Phi) is 4.52. The normalized spacial score (nSPS) is 11.7. The SMILES string of the molecule is CCc1nn(C)c(N(C)CC(C)(C)CN)c1[N+](=O)[O-]. The maximum atomic E-state index is 11.3. The fourth-order valence-electron chi connectivity index (χ4n) is 2.19. The molecule has 0 unspecified atom stereocenters. The second-order valence-corrected chi connectivity index (χ2v) is 5.58. The van der Waals surface area contributed by atoms with Crippen molar-refractivity contribution < 1.29 is 4.92 Å². The molecule has 2 N–H and O–H groups in total. The molecule has 1 rings (SSSR count). The van der Waals surface area contributed by atoms with Gasteiger partial charge in [0.15, 0.2) is 0 Å². The summed E-state index contributed by atoms with van der Waals surface area (Å²) in [7, 11) is 3.56. The molecule has 0 fully saturated rings. The van der Waals surface area contributed by atoms with Crippen LogP contribution in [-0.2, 0) is 13.5 Å². The highest BCUT2D eigenvalue weighted by atomic mass is 16.6. The Bertz CT molecular complexity index is 467. The van der Waals surface area contributed by atoms with Crippen LogP contribution in [0.15, 0.2) is 0 Å². The maximum absolute atomic E-state index is 11.3. The third kappa shape index (κ3) is 3.23. The molecule has 0 atom stereocenters. The van der Waals surface area contributed by atoms with E-state index < -0.39 is 0 Å². The van der Waals surface area contributed by atoms with Gasteiger partial charge in [0.1, 0.15) is 5.69 Å². The molecule has 19 heavy (non-hydrogen) atoms. The zero-order valence-corrected chi connectivity index (χ0v) is 12.3. The van der Waals surface area contributed by atoms with Gasteiger partial charge < -0.3 is 10.6 Å². The van der Waals surface area contributed by atoms with Crippen LogP contribution in [0.25, 0.3) is 0 Å². The lowest BCUT2D eigenvalue weighted by Crippen LogP contribution is -2.37. The molecule has 0 aromatic carbocycles. The van der Waals surface area contributed by atoms with Gasteiger partial charge in [0.05, 0.1) is 4.92 Å². The molecule has 108 valence electrons. The molecule has 7 heteroatoms. The predicted octanol–water partition coefficient (Wildman–Crippen LogP) is 1.31. The van der Waals surface area contributed by atoms with E-state index in [2.05, 4.69) is 5.10 Å². The van der Waals surface area contributed by atoms with E-state index in [1.165, 1.54) is 0 Å². The molecule has 0 aliphatic carbocycles. The molecule has 1 aromatic heterocycles. The van der Waals surface area contributed by atoms with Crippen molar-refractivity contribution in [3.63, 3.8) is 0 Å². The summed E-state index contributed by atoms with van der Waals surface area (Å²) in [5.74, 6) is 0.531. The summed E-state index contributed by atoms with van der Waals surface area (Å²) >= 11 is 0. The van der Waals surface area contributed by atoms with Crippen LogP contribution in [0.1, 0.15) is 26.5 Å². The van der Waals surface area contributed by atoms with E-state index in [4.69, 9.17) is 5.73 Å². The minimum absolute atomic E-state index is 0.0975. The van der Waals surface area contributed by atoms with Gasteiger partial charge in [0.25, 0.3) is 0 Å². The van der Waals surface area contributed by atoms with Crippen molar-refractivity contribution in [3.8, 4) is 0 Å². The Morgan fingerprint density at radius 3 is 2.53 bits per heavy atom. The lowest BCUT2D eigenvalue weighted by molar-refractivity contribution is -0.384. The van der Waals surface area contributed by atoms with Crippen LogP contribution in [0.3, 0.4) is 0 Å². The Morgan fingerprint density at radius 1 is 1.53 bits per heavy atom. The van der Waals surface area contributed by atoms with Crippen LogP contribution in [0.5, 0.6) is 0 Å². The molecule has 0 amide bonds. The first-order chi connectivity index (χ1) is 8.73. The van der Waals surface area contributed by atoms with Crippen molar-refractivity contribution in [1.29, 1.82) is 0 Å². The Morgan fingerprint density at radius 2 is 2.11 bits per heavy atom. The molecule has 7 nitrogen and oxygen atoms in total. The van der Waals surface area contributed by atoms with Gasteiger partial charge in [0, 0.05) is 20.6 Å². The van der Waals surface area contributed by atoms with Crippen molar-refractivity contribution in [2.24, 2.45) is 18.2 Å². The van der Waals surface area contributed by atoms with Crippen molar-refractivity contribution in [2.75, 3.05) is 25.0 Å². The maximum Gasteiger partial charge on any atom is 0.334 e. The van der Waals surface area contributed by atoms with Crippen LogP contribution < -0.4 is 10.6 Å². The number of hydrogen-bond donors (Lipinski definition) is 1. The first-order valence-corrected chi connectivity index (χ1v) is 6.35. The monoisotopic (exact) mass is 269 g/mol. The molecule has 1 heterocycles. The molecular formula is C12H23N5O2. The minimum atomic E-state index is -0.354. The van der Waals surface area contributed by atoms with Gasteiger partial charge in [-0.15, -0.1) is 0 Å². The summed E-state index contributed by atoms with van der Waals surface area (Å²) in [5.41, 5.74) is 6.22. The van der Waals surface area contributed by atoms with E-state index >= 15 is 0 Å². The van der Waals surface area contributed by atoms with Crippen molar-refractivity contribution >= 4 is 11.5 Å². The van der Waals surface area contributed by atoms with Gasteiger partial charge >= 0.3 is 5.69 Å². The number of nitrogens with zero attached hydrogens (tertiary/aromatic N) is 4. The van der Waals surface area contributed by atoms with Crippen LogP contribution in [0.4, 0.5) is 11.5 Å². The fourth-order valence-corrected chi connectivity index (χ4v) is 2.19. The summed E-state index contributed by atoms with van der Waals surface area (Å²) in [6.07, 6.45) is 0.540. The summed E-state index contributed by atoms with van der Waals surface area (Å²) in [6.45, 7) is 7.08. The van der Waals surface area contributed by atoms with Crippen LogP contribution in [-0.4, -0.2) is 34.8 Å². The second kappa shape index (κ2) is 5.56. The van der Waals surface area contributed by atoms with Crippen molar-refractivity contribution in [2.45, 2.75) is 27.2 Å². The van der Waals surface area contributed by atoms with Crippen LogP contribution in [0, 0.1) is 15.5 Å². The Hall–Kier alpha value is -1.63. The van der Waals surface area contributed by atoms with Gasteiger partial charge in [-0.1, -0.05) is 20.8 Å². The molecule has 0 bridgehead atoms. The van der Waals surface area contributed by atoms with E-state index in [9.17, 15) is 10.1 Å². The van der Waals surface area contributed by atoms with E-state index in [1.54, 1.807) is 11.7 Å². The molecule has 0 radical (unpaired) electrons. The second-order valence-electron chi connectivity index (χ2n) is 5.58. The molecule has 0 aliphatic heterocycles. The zero-order valence-electron chi connectivity index (χ0n) is 12.3. The largest absolute Gasteiger partial charge is 0.354 e. The highest BCUT2D eigenvalue weighted by molar-refractivity contribution is 5.61. The zero-order chi connectivity index (χ0) is 14.8. The van der Waals surface area contributed by atoms with E-state index in [0.717, 1.165) is 0 Å². The third-order valence-electron chi connectivity index (χ3n) is 3.16. The minimum Gasteiger partial charge on any atom is -0.354 e. The fraction of sp³-hybridized carbons (Fsp3) is 0.750. The molecule has 0 spiro atoms. The summed E-state index contributed by atoms with van der Waals surface area (Å²) in [6, 6.07) is 0. The van der Waals surface area contributed by atoms with Gasteiger partial charge in [0.2, 0.25) is 5.82 Å². The lowest BCUT2D eigenvalue weighted by atomic mass is 9.93. The first kappa shape index (κ1) is 15.4. The molecular weight excluding hydrogens is 246 g/mol. The Balaban J connectivity index is 3.19. The van der Waals surface area contributed by atoms with Crippen molar-refractivity contribution in [3.05, 3.63) is 15.8 Å². The third-order valence-corrected chi connectivity index (χ3v) is 3.16. The number of aromatic nitrogens is 2. The molecule has 0 saturated heterocycles. The van der Waals surface area contributed by atoms with Gasteiger partial charge in [-0.3, -0.25) is 10.1 Å². The van der Waals surface area contributed by atoms with Crippen molar-refractivity contribution in [1.82, 2.24) is 9.78 Å². The van der Waals surface area contributed by atoms with Crippen LogP contribution >= 0.6 is 0 Å². The number of hydrogen-bond acceptors (Lipinski definition) is 5. The highest BCUT2D eigenvalue weighted by Crippen LogP contribution is 2.32. The lowest BCUT2D eigenvalue weighted by Gasteiger charge is -2.29. The van der Waals surface area contributed by atoms with E-state index in [0.29, 0.717) is 31.0 Å². The Labute approximate surface area is 113 Å². The summed E-state index contributed by atoms with van der Waals surface area (Å²) in [5, 5.41) is 15.5. The number of rotatable bonds is 6. The topological polar surface area (TPSA) is 90.2 Å². The van der Waals surface area contributed by atoms with Gasteiger partial charge in [-0.05, 0) is 18.4 Å². The van der Waals surface area contributed by atoms with Gasteiger partial charge in [-0.25, -0.2) is 4.68 Å². The summed E-state index contributed by atoms with van der Waals surface area (Å²) < 4.78 is 1.57. The molecule has 1 aromatic rings. The first-order valence-electron chi connectivity index (χ1n) is 6.35. The van der Waals surface area contributed by atoms with Gasteiger partial charge in [-0.2, -0.15) is 5.10 Å². The molecule has 0 aliphatic rings. The average Bonchev–Trinajstić information content (AvgIpc) is 2.65. The standard InChI is InChI=1S/C12H23N5O2/c1-6-9-10(17(18)19)11(16(5)14-9)15(4)8-12(2,3)7-13/h6-8,13H2,1-5H3. The quantitative estimate of drug-likeness (QED) is 0.621. The van der Waals surface area contributed by atoms with E-state index in [-0.39, 0.29) is 16.0 Å². The number of aryl methyl sites for hydroxylation is 2. The highest BCUT2D eigenvalue weighted by Gasteiger charge is 2.30. The average molecular weight is 269 g/mol. The number of nitro groups is 1. The van der Waals surface area contributed by atoms with Crippen LogP contribution in [0.2, 0.25) is 0 Å². The summed E-state index contributed by atoms with van der Waals surface area (Å²) in [4.78, 5) is 12.8.